The number of unbranched alkanes of at least 4 members (excludes halogenated alkanes) is 2. The first-order valence-electron chi connectivity index (χ1n) is 6.30. The van der Waals surface area contributed by atoms with E-state index in [4.69, 9.17) is 4.74 Å². The van der Waals surface area contributed by atoms with Gasteiger partial charge in [0.2, 0.25) is 0 Å². The minimum absolute atomic E-state index is 0. The van der Waals surface area contributed by atoms with Crippen LogP contribution in [0.2, 0.25) is 0 Å². The van der Waals surface area contributed by atoms with E-state index in [1.165, 1.54) is 25.7 Å². The van der Waals surface area contributed by atoms with Crippen LogP contribution < -0.4 is 10.6 Å². The van der Waals surface area contributed by atoms with Gasteiger partial charge in [-0.15, -0.1) is 24.0 Å². The molecule has 102 valence electrons. The first-order valence-corrected chi connectivity index (χ1v) is 6.30. The maximum Gasteiger partial charge on any atom is 0.190 e. The van der Waals surface area contributed by atoms with E-state index in [-0.39, 0.29) is 24.0 Å². The van der Waals surface area contributed by atoms with Gasteiger partial charge in [0.05, 0.1) is 0 Å². The SMILES string of the molecule is CN=C(NCCCCCOC)NCC1CC1.I. The highest BCUT2D eigenvalue weighted by atomic mass is 127. The molecule has 0 heterocycles. The molecule has 1 fully saturated rings. The number of hydrogen-bond acceptors (Lipinski definition) is 2. The van der Waals surface area contributed by atoms with Crippen molar-refractivity contribution < 1.29 is 4.74 Å². The lowest BCUT2D eigenvalue weighted by Crippen LogP contribution is -2.38. The highest BCUT2D eigenvalue weighted by Gasteiger charge is 2.20. The zero-order valence-corrected chi connectivity index (χ0v) is 13.3. The Labute approximate surface area is 122 Å². The van der Waals surface area contributed by atoms with E-state index in [2.05, 4.69) is 15.6 Å². The van der Waals surface area contributed by atoms with Crippen LogP contribution in [0.25, 0.3) is 0 Å². The molecule has 1 aliphatic carbocycles. The van der Waals surface area contributed by atoms with Gasteiger partial charge in [0.25, 0.3) is 0 Å². The summed E-state index contributed by atoms with van der Waals surface area (Å²) in [5, 5.41) is 6.68. The first kappa shape index (κ1) is 17.0. The first-order chi connectivity index (χ1) is 7.86. The van der Waals surface area contributed by atoms with Gasteiger partial charge in [-0.25, -0.2) is 0 Å². The number of nitrogens with zero attached hydrogens (tertiary/aromatic N) is 1. The molecular formula is C12H26IN3O. The van der Waals surface area contributed by atoms with Crippen LogP contribution in [0.3, 0.4) is 0 Å². The monoisotopic (exact) mass is 355 g/mol. The number of aliphatic imine (C=N–C) groups is 1. The van der Waals surface area contributed by atoms with Crippen LogP contribution in [-0.2, 0) is 4.74 Å². The van der Waals surface area contributed by atoms with Crippen molar-refractivity contribution in [2.45, 2.75) is 32.1 Å². The maximum absolute atomic E-state index is 5.01. The summed E-state index contributed by atoms with van der Waals surface area (Å²) in [6.45, 7) is 2.94. The Morgan fingerprint density at radius 3 is 2.59 bits per heavy atom. The lowest BCUT2D eigenvalue weighted by molar-refractivity contribution is 0.192. The van der Waals surface area contributed by atoms with Crippen molar-refractivity contribution in [1.82, 2.24) is 10.6 Å². The second-order valence-corrected chi connectivity index (χ2v) is 4.38. The van der Waals surface area contributed by atoms with Crippen molar-refractivity contribution in [3.8, 4) is 0 Å². The molecule has 0 aromatic rings. The van der Waals surface area contributed by atoms with Crippen molar-refractivity contribution in [3.63, 3.8) is 0 Å². The van der Waals surface area contributed by atoms with E-state index in [0.717, 1.165) is 38.0 Å². The third kappa shape index (κ3) is 9.64. The number of methoxy groups -OCH3 is 1. The maximum atomic E-state index is 5.01. The largest absolute Gasteiger partial charge is 0.385 e. The molecule has 0 aliphatic heterocycles. The molecule has 0 saturated heterocycles. The minimum atomic E-state index is 0. The molecule has 0 bridgehead atoms. The van der Waals surface area contributed by atoms with Gasteiger partial charge in [-0.05, 0) is 38.0 Å². The highest BCUT2D eigenvalue weighted by molar-refractivity contribution is 14.0. The van der Waals surface area contributed by atoms with Gasteiger partial charge in [-0.1, -0.05) is 0 Å². The summed E-state index contributed by atoms with van der Waals surface area (Å²) >= 11 is 0. The zero-order valence-electron chi connectivity index (χ0n) is 11.0. The van der Waals surface area contributed by atoms with Crippen molar-refractivity contribution in [3.05, 3.63) is 0 Å². The van der Waals surface area contributed by atoms with E-state index in [1.807, 2.05) is 7.05 Å². The Kier molecular flexibility index (Phi) is 11.0. The predicted octanol–water partition coefficient (Wildman–Crippen LogP) is 2.00. The number of guanidine groups is 1. The molecule has 0 amide bonds. The third-order valence-corrected chi connectivity index (χ3v) is 2.80. The summed E-state index contributed by atoms with van der Waals surface area (Å²) in [7, 11) is 3.58. The number of rotatable bonds is 8. The Balaban J connectivity index is 0.00000256. The van der Waals surface area contributed by atoms with E-state index in [1.54, 1.807) is 7.11 Å². The van der Waals surface area contributed by atoms with Crippen LogP contribution in [0.5, 0.6) is 0 Å². The summed E-state index contributed by atoms with van der Waals surface area (Å²) in [4.78, 5) is 4.19. The van der Waals surface area contributed by atoms with E-state index < -0.39 is 0 Å². The van der Waals surface area contributed by atoms with Crippen molar-refractivity contribution >= 4 is 29.9 Å². The molecule has 17 heavy (non-hydrogen) atoms. The summed E-state index contributed by atoms with van der Waals surface area (Å²) in [5.74, 6) is 1.83. The Morgan fingerprint density at radius 1 is 1.24 bits per heavy atom. The number of nitrogens with one attached hydrogen (secondary N) is 2. The average molecular weight is 355 g/mol. The van der Waals surface area contributed by atoms with Crippen LogP contribution in [0.1, 0.15) is 32.1 Å². The highest BCUT2D eigenvalue weighted by Crippen LogP contribution is 2.27. The lowest BCUT2D eigenvalue weighted by atomic mass is 10.2. The van der Waals surface area contributed by atoms with Crippen LogP contribution >= 0.6 is 24.0 Å². The molecule has 2 N–H and O–H groups in total. The molecule has 0 unspecified atom stereocenters. The molecule has 0 aromatic heterocycles. The lowest BCUT2D eigenvalue weighted by Gasteiger charge is -2.11. The normalized spacial score (nSPS) is 15.3. The van der Waals surface area contributed by atoms with E-state index >= 15 is 0 Å². The minimum Gasteiger partial charge on any atom is -0.385 e. The Bertz CT molecular complexity index is 208. The molecule has 1 saturated carbocycles. The fraction of sp³-hybridized carbons (Fsp3) is 0.917. The summed E-state index contributed by atoms with van der Waals surface area (Å²) in [5.41, 5.74) is 0. The molecule has 0 atom stereocenters. The zero-order chi connectivity index (χ0) is 11.6. The van der Waals surface area contributed by atoms with Gasteiger partial charge < -0.3 is 15.4 Å². The Hall–Kier alpha value is -0.0400. The summed E-state index contributed by atoms with van der Waals surface area (Å²) < 4.78 is 5.01. The molecule has 0 radical (unpaired) electrons. The molecule has 1 aliphatic rings. The van der Waals surface area contributed by atoms with E-state index in [0.29, 0.717) is 0 Å². The van der Waals surface area contributed by atoms with Gasteiger partial charge in [0, 0.05) is 33.9 Å². The summed E-state index contributed by atoms with van der Waals surface area (Å²) in [6.07, 6.45) is 6.28. The molecule has 0 aromatic carbocycles. The molecule has 0 spiro atoms. The summed E-state index contributed by atoms with van der Waals surface area (Å²) in [6, 6.07) is 0. The van der Waals surface area contributed by atoms with Crippen molar-refractivity contribution in [1.29, 1.82) is 0 Å². The van der Waals surface area contributed by atoms with Crippen LogP contribution in [-0.4, -0.2) is 39.8 Å². The van der Waals surface area contributed by atoms with E-state index in [9.17, 15) is 0 Å². The van der Waals surface area contributed by atoms with Gasteiger partial charge >= 0.3 is 0 Å². The van der Waals surface area contributed by atoms with Gasteiger partial charge in [0.15, 0.2) is 5.96 Å². The fourth-order valence-electron chi connectivity index (χ4n) is 1.54. The fourth-order valence-corrected chi connectivity index (χ4v) is 1.54. The number of halogens is 1. The number of ether oxygens (including phenoxy) is 1. The third-order valence-electron chi connectivity index (χ3n) is 2.80. The van der Waals surface area contributed by atoms with Crippen molar-refractivity contribution in [2.24, 2.45) is 10.9 Å². The molecule has 1 rings (SSSR count). The smallest absolute Gasteiger partial charge is 0.190 e. The van der Waals surface area contributed by atoms with Crippen LogP contribution in [0.15, 0.2) is 4.99 Å². The molecule has 4 nitrogen and oxygen atoms in total. The van der Waals surface area contributed by atoms with Crippen molar-refractivity contribution in [2.75, 3.05) is 33.9 Å². The standard InChI is InChI=1S/C12H25N3O.HI/c1-13-12(15-10-11-6-7-11)14-8-4-3-5-9-16-2;/h11H,3-10H2,1-2H3,(H2,13,14,15);1H. The predicted molar refractivity (Wildman–Crippen MR) is 83.2 cm³/mol. The van der Waals surface area contributed by atoms with Crippen LogP contribution in [0.4, 0.5) is 0 Å². The quantitative estimate of drug-likeness (QED) is 0.303. The van der Waals surface area contributed by atoms with Gasteiger partial charge in [-0.2, -0.15) is 0 Å². The Morgan fingerprint density at radius 2 is 2.00 bits per heavy atom. The second kappa shape index (κ2) is 11.1. The average Bonchev–Trinajstić information content (AvgIpc) is 3.11. The molecular weight excluding hydrogens is 329 g/mol. The van der Waals surface area contributed by atoms with Gasteiger partial charge in [-0.3, -0.25) is 4.99 Å². The second-order valence-electron chi connectivity index (χ2n) is 4.38. The van der Waals surface area contributed by atoms with Crippen LogP contribution in [0, 0.1) is 5.92 Å². The number of hydrogen-bond donors (Lipinski definition) is 2. The molecule has 5 heteroatoms. The topological polar surface area (TPSA) is 45.7 Å². The van der Waals surface area contributed by atoms with Gasteiger partial charge in [0.1, 0.15) is 0 Å².